The SMILES string of the molecule is CC(C)NCC(=O)N(C)c1ccc(N2CCCC(N(C)S(C)(=O)=O)C2=O)cc1. The summed E-state index contributed by atoms with van der Waals surface area (Å²) in [5.74, 6) is -0.275. The van der Waals surface area contributed by atoms with Crippen LogP contribution in [0.2, 0.25) is 0 Å². The van der Waals surface area contributed by atoms with Crippen LogP contribution in [0.3, 0.4) is 0 Å². The molecule has 2 amide bonds. The number of likely N-dealkylation sites (N-methyl/N-ethyl adjacent to an activating group) is 2. The highest BCUT2D eigenvalue weighted by Gasteiger charge is 2.35. The maximum Gasteiger partial charge on any atom is 0.245 e. The highest BCUT2D eigenvalue weighted by atomic mass is 32.2. The highest BCUT2D eigenvalue weighted by Crippen LogP contribution is 2.26. The van der Waals surface area contributed by atoms with Gasteiger partial charge in [-0.2, -0.15) is 4.31 Å². The molecule has 1 aromatic carbocycles. The fraction of sp³-hybridized carbons (Fsp3) is 0.579. The molecule has 0 spiro atoms. The monoisotopic (exact) mass is 410 g/mol. The smallest absolute Gasteiger partial charge is 0.245 e. The number of sulfonamides is 1. The van der Waals surface area contributed by atoms with Crippen molar-refractivity contribution in [2.24, 2.45) is 0 Å². The zero-order chi connectivity index (χ0) is 21.1. The third-order valence-corrected chi connectivity index (χ3v) is 6.26. The average molecular weight is 411 g/mol. The summed E-state index contributed by atoms with van der Waals surface area (Å²) in [7, 11) is -0.293. The Labute approximate surface area is 167 Å². The molecule has 1 aliphatic rings. The Bertz CT molecular complexity index is 808. The van der Waals surface area contributed by atoms with Crippen molar-refractivity contribution in [3.05, 3.63) is 24.3 Å². The van der Waals surface area contributed by atoms with Gasteiger partial charge in [0.1, 0.15) is 6.04 Å². The van der Waals surface area contributed by atoms with Crippen LogP contribution in [0, 0.1) is 0 Å². The molecule has 2 rings (SSSR count). The first-order valence-corrected chi connectivity index (χ1v) is 11.2. The van der Waals surface area contributed by atoms with Gasteiger partial charge in [0.15, 0.2) is 0 Å². The molecule has 0 saturated carbocycles. The molecule has 0 aromatic heterocycles. The van der Waals surface area contributed by atoms with E-state index in [2.05, 4.69) is 5.32 Å². The van der Waals surface area contributed by atoms with E-state index in [4.69, 9.17) is 0 Å². The van der Waals surface area contributed by atoms with Gasteiger partial charge in [-0.1, -0.05) is 13.8 Å². The van der Waals surface area contributed by atoms with Crippen molar-refractivity contribution in [2.45, 2.75) is 38.8 Å². The lowest BCUT2D eigenvalue weighted by atomic mass is 10.0. The van der Waals surface area contributed by atoms with Crippen LogP contribution in [0.5, 0.6) is 0 Å². The summed E-state index contributed by atoms with van der Waals surface area (Å²) < 4.78 is 24.8. The van der Waals surface area contributed by atoms with Gasteiger partial charge in [-0.25, -0.2) is 8.42 Å². The van der Waals surface area contributed by atoms with Crippen LogP contribution in [-0.4, -0.2) is 70.1 Å². The minimum absolute atomic E-state index is 0.0506. The molecule has 0 radical (unpaired) electrons. The fourth-order valence-electron chi connectivity index (χ4n) is 3.09. The fourth-order valence-corrected chi connectivity index (χ4v) is 3.75. The van der Waals surface area contributed by atoms with E-state index in [0.29, 0.717) is 18.7 Å². The number of hydrogen-bond donors (Lipinski definition) is 1. The van der Waals surface area contributed by atoms with Gasteiger partial charge in [0.2, 0.25) is 21.8 Å². The second kappa shape index (κ2) is 9.02. The lowest BCUT2D eigenvalue weighted by Gasteiger charge is -2.36. The van der Waals surface area contributed by atoms with Gasteiger partial charge in [0.25, 0.3) is 0 Å². The van der Waals surface area contributed by atoms with Crippen molar-refractivity contribution in [3.8, 4) is 0 Å². The van der Waals surface area contributed by atoms with Gasteiger partial charge in [0.05, 0.1) is 12.8 Å². The molecule has 28 heavy (non-hydrogen) atoms. The average Bonchev–Trinajstić information content (AvgIpc) is 2.64. The molecule has 1 fully saturated rings. The number of amides is 2. The number of anilines is 2. The molecule has 1 N–H and O–H groups in total. The van der Waals surface area contributed by atoms with Crippen LogP contribution in [0.25, 0.3) is 0 Å². The zero-order valence-corrected chi connectivity index (χ0v) is 18.0. The van der Waals surface area contributed by atoms with Crippen molar-refractivity contribution in [3.63, 3.8) is 0 Å². The number of piperidine rings is 1. The predicted molar refractivity (Wildman–Crippen MR) is 111 cm³/mol. The zero-order valence-electron chi connectivity index (χ0n) is 17.2. The number of carbonyl (C=O) groups is 2. The second-order valence-electron chi connectivity index (χ2n) is 7.43. The van der Waals surface area contributed by atoms with Crippen LogP contribution in [0.15, 0.2) is 24.3 Å². The van der Waals surface area contributed by atoms with Crippen molar-refractivity contribution in [1.29, 1.82) is 0 Å². The first-order valence-electron chi connectivity index (χ1n) is 9.36. The molecule has 156 valence electrons. The maximum absolute atomic E-state index is 12.8. The summed E-state index contributed by atoms with van der Waals surface area (Å²) in [6, 6.07) is 6.70. The van der Waals surface area contributed by atoms with E-state index in [0.717, 1.165) is 22.7 Å². The Kier molecular flexibility index (Phi) is 7.19. The summed E-state index contributed by atoms with van der Waals surface area (Å²) in [5, 5.41) is 3.09. The first kappa shape index (κ1) is 22.3. The summed E-state index contributed by atoms with van der Waals surface area (Å²) in [4.78, 5) is 28.3. The maximum atomic E-state index is 12.8. The Morgan fingerprint density at radius 3 is 2.39 bits per heavy atom. The highest BCUT2D eigenvalue weighted by molar-refractivity contribution is 7.88. The summed E-state index contributed by atoms with van der Waals surface area (Å²) in [6.07, 6.45) is 2.34. The molecule has 8 nitrogen and oxygen atoms in total. The van der Waals surface area contributed by atoms with Crippen molar-refractivity contribution in [2.75, 3.05) is 43.2 Å². The number of nitrogens with zero attached hydrogens (tertiary/aromatic N) is 3. The minimum atomic E-state index is -3.44. The molecule has 1 aliphatic heterocycles. The number of benzene rings is 1. The van der Waals surface area contributed by atoms with Crippen LogP contribution in [0.4, 0.5) is 11.4 Å². The molecule has 1 saturated heterocycles. The number of nitrogens with one attached hydrogen (secondary N) is 1. The van der Waals surface area contributed by atoms with Gasteiger partial charge in [-0.15, -0.1) is 0 Å². The van der Waals surface area contributed by atoms with Gasteiger partial charge in [0, 0.05) is 38.1 Å². The predicted octanol–water partition coefficient (Wildman–Crippen LogP) is 1.03. The van der Waals surface area contributed by atoms with E-state index in [9.17, 15) is 18.0 Å². The Hall–Kier alpha value is -1.97. The van der Waals surface area contributed by atoms with Crippen molar-refractivity contribution in [1.82, 2.24) is 9.62 Å². The van der Waals surface area contributed by atoms with E-state index in [1.807, 2.05) is 13.8 Å². The molecule has 9 heteroatoms. The van der Waals surface area contributed by atoms with Crippen LogP contribution in [0.1, 0.15) is 26.7 Å². The number of hydrogen-bond acceptors (Lipinski definition) is 5. The summed E-state index contributed by atoms with van der Waals surface area (Å²) >= 11 is 0. The quantitative estimate of drug-likeness (QED) is 0.725. The molecule has 1 aromatic rings. The van der Waals surface area contributed by atoms with Crippen molar-refractivity contribution >= 4 is 33.2 Å². The molecule has 0 bridgehead atoms. The standard InChI is InChI=1S/C19H30N4O4S/c1-14(2)20-13-18(24)21(3)15-8-10-16(11-9-15)23-12-6-7-17(19(23)25)22(4)28(5,26)27/h8-11,14,17,20H,6-7,12-13H2,1-5H3. The lowest BCUT2D eigenvalue weighted by Crippen LogP contribution is -2.52. The molecule has 0 aliphatic carbocycles. The largest absolute Gasteiger partial charge is 0.314 e. The van der Waals surface area contributed by atoms with E-state index in [1.165, 1.54) is 7.05 Å². The third kappa shape index (κ3) is 5.30. The molecule has 1 heterocycles. The topological polar surface area (TPSA) is 90.0 Å². The number of carbonyl (C=O) groups excluding carboxylic acids is 2. The van der Waals surface area contributed by atoms with Crippen LogP contribution in [-0.2, 0) is 19.6 Å². The van der Waals surface area contributed by atoms with Gasteiger partial charge in [-0.05, 0) is 37.1 Å². The molecular formula is C19H30N4O4S. The Morgan fingerprint density at radius 2 is 1.86 bits per heavy atom. The third-order valence-electron chi connectivity index (χ3n) is 4.96. The van der Waals surface area contributed by atoms with Gasteiger partial charge >= 0.3 is 0 Å². The minimum Gasteiger partial charge on any atom is -0.314 e. The van der Waals surface area contributed by atoms with E-state index in [-0.39, 0.29) is 24.4 Å². The van der Waals surface area contributed by atoms with E-state index >= 15 is 0 Å². The van der Waals surface area contributed by atoms with Crippen LogP contribution >= 0.6 is 0 Å². The first-order chi connectivity index (χ1) is 13.0. The molecule has 1 unspecified atom stereocenters. The Morgan fingerprint density at radius 1 is 1.25 bits per heavy atom. The second-order valence-corrected chi connectivity index (χ2v) is 9.47. The molecule has 1 atom stereocenters. The summed E-state index contributed by atoms with van der Waals surface area (Å²) in [6.45, 7) is 4.75. The number of rotatable bonds is 7. The lowest BCUT2D eigenvalue weighted by molar-refractivity contribution is -0.123. The normalized spacial score (nSPS) is 18.0. The summed E-state index contributed by atoms with van der Waals surface area (Å²) in [5.41, 5.74) is 1.43. The van der Waals surface area contributed by atoms with Gasteiger partial charge in [-0.3, -0.25) is 9.59 Å². The Balaban J connectivity index is 2.12. The van der Waals surface area contributed by atoms with E-state index < -0.39 is 16.1 Å². The van der Waals surface area contributed by atoms with Crippen molar-refractivity contribution < 1.29 is 18.0 Å². The molecular weight excluding hydrogens is 380 g/mol. The van der Waals surface area contributed by atoms with E-state index in [1.54, 1.807) is 41.1 Å². The van der Waals surface area contributed by atoms with Gasteiger partial charge < -0.3 is 15.1 Å². The van der Waals surface area contributed by atoms with Crippen LogP contribution < -0.4 is 15.1 Å².